The summed E-state index contributed by atoms with van der Waals surface area (Å²) >= 11 is 0. The van der Waals surface area contributed by atoms with Crippen LogP contribution in [0.2, 0.25) is 0 Å². The Morgan fingerprint density at radius 3 is 2.51 bits per heavy atom. The Morgan fingerprint density at radius 1 is 1.06 bits per heavy atom. The maximum absolute atomic E-state index is 14.9. The fraction of sp³-hybridized carbons (Fsp3) is 0.222. The minimum atomic E-state index is -0.991. The van der Waals surface area contributed by atoms with Crippen LogP contribution in [0.5, 0.6) is 0 Å². The molecule has 1 saturated carbocycles. The van der Waals surface area contributed by atoms with E-state index in [0.717, 1.165) is 31.4 Å². The van der Waals surface area contributed by atoms with Crippen LogP contribution >= 0.6 is 0 Å². The number of carbonyl (C=O) groups is 1. The molecule has 1 atom stereocenters. The second-order valence-corrected chi connectivity index (χ2v) is 8.79. The van der Waals surface area contributed by atoms with Gasteiger partial charge in [-0.1, -0.05) is 24.6 Å². The van der Waals surface area contributed by atoms with Crippen molar-refractivity contribution in [1.82, 2.24) is 14.9 Å². The molecule has 0 aliphatic heterocycles. The van der Waals surface area contributed by atoms with Crippen LogP contribution in [0.15, 0.2) is 65.7 Å². The molecule has 0 spiro atoms. The molecule has 1 aliphatic rings. The van der Waals surface area contributed by atoms with Crippen LogP contribution in [0.25, 0.3) is 16.5 Å². The van der Waals surface area contributed by atoms with Gasteiger partial charge in [-0.25, -0.2) is 13.2 Å². The van der Waals surface area contributed by atoms with Crippen LogP contribution in [0.4, 0.5) is 13.2 Å². The molecule has 5 rings (SSSR count). The standard InChI is InChI=1S/C27H22F3N3O2/c1-15-23(26(34)32-25(16-5-2-6-16)17-10-11-20(28)22(30)13-17)19-8-3-9-21(29)24(19)27(35)33(15)18-7-4-12-31-14-18/h3-4,7-14,16,25H,2,5-6H2,1H3,(H,32,34)/t25-/m0/s1. The van der Waals surface area contributed by atoms with Gasteiger partial charge in [-0.05, 0) is 61.6 Å². The number of hydrogen-bond donors (Lipinski definition) is 1. The summed E-state index contributed by atoms with van der Waals surface area (Å²) in [6.07, 6.45) is 5.63. The average molecular weight is 477 g/mol. The molecule has 1 aliphatic carbocycles. The average Bonchev–Trinajstić information content (AvgIpc) is 2.80. The Hall–Kier alpha value is -3.94. The summed E-state index contributed by atoms with van der Waals surface area (Å²) in [6, 6.07) is 10.5. The summed E-state index contributed by atoms with van der Waals surface area (Å²) in [6.45, 7) is 1.61. The van der Waals surface area contributed by atoms with Gasteiger partial charge in [0.25, 0.3) is 11.5 Å². The topological polar surface area (TPSA) is 64.0 Å². The monoisotopic (exact) mass is 477 g/mol. The zero-order valence-electron chi connectivity index (χ0n) is 18.9. The van der Waals surface area contributed by atoms with E-state index in [1.165, 1.54) is 35.0 Å². The summed E-state index contributed by atoms with van der Waals surface area (Å²) in [5, 5.41) is 2.94. The fourth-order valence-corrected chi connectivity index (χ4v) is 4.77. The Kier molecular flexibility index (Phi) is 5.88. The highest BCUT2D eigenvalue weighted by Crippen LogP contribution is 2.38. The summed E-state index contributed by atoms with van der Waals surface area (Å²) in [5.74, 6) is -3.17. The zero-order chi connectivity index (χ0) is 24.7. The number of pyridine rings is 2. The minimum Gasteiger partial charge on any atom is -0.345 e. The smallest absolute Gasteiger partial charge is 0.266 e. The number of carbonyl (C=O) groups excluding carboxylic acids is 1. The second-order valence-electron chi connectivity index (χ2n) is 8.79. The Labute approximate surface area is 199 Å². The first-order valence-electron chi connectivity index (χ1n) is 11.4. The normalized spacial score (nSPS) is 14.5. The molecule has 0 radical (unpaired) electrons. The van der Waals surface area contributed by atoms with Gasteiger partial charge in [0.05, 0.1) is 28.9 Å². The second kappa shape index (κ2) is 9.02. The molecule has 0 saturated heterocycles. The third-order valence-electron chi connectivity index (χ3n) is 6.74. The van der Waals surface area contributed by atoms with Crippen molar-refractivity contribution in [3.05, 3.63) is 106 Å². The number of nitrogens with zero attached hydrogens (tertiary/aromatic N) is 2. The maximum atomic E-state index is 14.9. The number of benzene rings is 2. The summed E-state index contributed by atoms with van der Waals surface area (Å²) in [4.78, 5) is 31.1. The Bertz CT molecular complexity index is 1500. The van der Waals surface area contributed by atoms with Crippen molar-refractivity contribution in [1.29, 1.82) is 0 Å². The third-order valence-corrected chi connectivity index (χ3v) is 6.74. The van der Waals surface area contributed by atoms with Crippen molar-refractivity contribution in [2.45, 2.75) is 32.2 Å². The van der Waals surface area contributed by atoms with Crippen molar-refractivity contribution < 1.29 is 18.0 Å². The number of amides is 1. The van der Waals surface area contributed by atoms with Crippen molar-refractivity contribution in [3.8, 4) is 5.69 Å². The molecule has 5 nitrogen and oxygen atoms in total. The highest BCUT2D eigenvalue weighted by Gasteiger charge is 2.32. The number of fused-ring (bicyclic) bond motifs is 1. The van der Waals surface area contributed by atoms with E-state index in [1.54, 1.807) is 25.3 Å². The molecule has 1 N–H and O–H groups in total. The first-order valence-corrected chi connectivity index (χ1v) is 11.4. The lowest BCUT2D eigenvalue weighted by Crippen LogP contribution is -2.37. The molecule has 4 aromatic rings. The molecule has 8 heteroatoms. The minimum absolute atomic E-state index is 0.0522. The first kappa shape index (κ1) is 22.8. The molecule has 35 heavy (non-hydrogen) atoms. The van der Waals surface area contributed by atoms with Crippen LogP contribution in [-0.2, 0) is 0 Å². The van der Waals surface area contributed by atoms with Gasteiger partial charge in [0.2, 0.25) is 0 Å². The molecule has 2 aromatic carbocycles. The molecule has 1 fully saturated rings. The summed E-state index contributed by atoms with van der Waals surface area (Å²) < 4.78 is 43.7. The highest BCUT2D eigenvalue weighted by molar-refractivity contribution is 6.08. The summed E-state index contributed by atoms with van der Waals surface area (Å²) in [5.41, 5.74) is 0.698. The molecular formula is C27H22F3N3O2. The van der Waals surface area contributed by atoms with Crippen LogP contribution in [0.3, 0.4) is 0 Å². The third kappa shape index (κ3) is 3.99. The van der Waals surface area contributed by atoms with Gasteiger partial charge in [0.15, 0.2) is 11.6 Å². The Balaban J connectivity index is 1.67. The molecule has 0 unspecified atom stereocenters. The zero-order valence-corrected chi connectivity index (χ0v) is 18.9. The largest absolute Gasteiger partial charge is 0.345 e. The number of hydrogen-bond acceptors (Lipinski definition) is 3. The van der Waals surface area contributed by atoms with Gasteiger partial charge in [-0.3, -0.25) is 19.1 Å². The van der Waals surface area contributed by atoms with Gasteiger partial charge < -0.3 is 5.32 Å². The van der Waals surface area contributed by atoms with Crippen LogP contribution in [-0.4, -0.2) is 15.5 Å². The van der Waals surface area contributed by atoms with E-state index in [0.29, 0.717) is 16.9 Å². The fourth-order valence-electron chi connectivity index (χ4n) is 4.77. The van der Waals surface area contributed by atoms with Crippen LogP contribution < -0.4 is 10.9 Å². The van der Waals surface area contributed by atoms with Crippen LogP contribution in [0, 0.1) is 30.3 Å². The summed E-state index contributed by atoms with van der Waals surface area (Å²) in [7, 11) is 0. The molecule has 0 bridgehead atoms. The van der Waals surface area contributed by atoms with Crippen molar-refractivity contribution in [2.24, 2.45) is 5.92 Å². The molecular weight excluding hydrogens is 455 g/mol. The van der Waals surface area contributed by atoms with Crippen molar-refractivity contribution in [2.75, 3.05) is 0 Å². The molecule has 178 valence electrons. The molecule has 1 amide bonds. The van der Waals surface area contributed by atoms with E-state index in [1.807, 2.05) is 0 Å². The quantitative estimate of drug-likeness (QED) is 0.420. The van der Waals surface area contributed by atoms with Gasteiger partial charge in [0, 0.05) is 17.3 Å². The van der Waals surface area contributed by atoms with E-state index in [9.17, 15) is 22.8 Å². The lowest BCUT2D eigenvalue weighted by Gasteiger charge is -2.35. The number of rotatable bonds is 5. The highest BCUT2D eigenvalue weighted by atomic mass is 19.2. The predicted octanol–water partition coefficient (Wildman–Crippen LogP) is 5.38. The SMILES string of the molecule is Cc1c(C(=O)N[C@H](c2ccc(F)c(F)c2)C2CCC2)c2cccc(F)c2c(=O)n1-c1cccnc1. The van der Waals surface area contributed by atoms with Gasteiger partial charge in [0.1, 0.15) is 5.82 Å². The maximum Gasteiger partial charge on any atom is 0.266 e. The number of aromatic nitrogens is 2. The van der Waals surface area contributed by atoms with E-state index < -0.39 is 35.0 Å². The predicted molar refractivity (Wildman–Crippen MR) is 126 cm³/mol. The molecule has 2 heterocycles. The lowest BCUT2D eigenvalue weighted by atomic mass is 9.77. The van der Waals surface area contributed by atoms with Crippen LogP contribution in [0.1, 0.15) is 46.9 Å². The van der Waals surface area contributed by atoms with Gasteiger partial charge in [-0.15, -0.1) is 0 Å². The van der Waals surface area contributed by atoms with Crippen molar-refractivity contribution >= 4 is 16.7 Å². The van der Waals surface area contributed by atoms with E-state index in [-0.39, 0.29) is 22.3 Å². The Morgan fingerprint density at radius 2 is 1.86 bits per heavy atom. The molecule has 2 aromatic heterocycles. The first-order chi connectivity index (χ1) is 16.9. The van der Waals surface area contributed by atoms with E-state index in [4.69, 9.17) is 0 Å². The van der Waals surface area contributed by atoms with E-state index >= 15 is 0 Å². The lowest BCUT2D eigenvalue weighted by molar-refractivity contribution is 0.0901. The number of halogens is 3. The van der Waals surface area contributed by atoms with Gasteiger partial charge >= 0.3 is 0 Å². The van der Waals surface area contributed by atoms with Gasteiger partial charge in [-0.2, -0.15) is 0 Å². The number of nitrogens with one attached hydrogen (secondary N) is 1. The van der Waals surface area contributed by atoms with E-state index in [2.05, 4.69) is 10.3 Å². The van der Waals surface area contributed by atoms with Crippen molar-refractivity contribution in [3.63, 3.8) is 0 Å².